The van der Waals surface area contributed by atoms with E-state index in [-0.39, 0.29) is 18.4 Å². The Hall–Kier alpha value is -1.22. The Morgan fingerprint density at radius 3 is 2.33 bits per heavy atom. The average Bonchev–Trinajstić information content (AvgIpc) is 2.43. The molecule has 0 aliphatic heterocycles. The van der Waals surface area contributed by atoms with Crippen molar-refractivity contribution in [3.8, 4) is 0 Å². The Morgan fingerprint density at radius 1 is 1.10 bits per heavy atom. The molecule has 21 heavy (non-hydrogen) atoms. The van der Waals surface area contributed by atoms with E-state index in [0.717, 1.165) is 5.56 Å². The summed E-state index contributed by atoms with van der Waals surface area (Å²) in [6, 6.07) is 12.4. The second-order valence-corrected chi connectivity index (χ2v) is 5.97. The van der Waals surface area contributed by atoms with Gasteiger partial charge < -0.3 is 5.32 Å². The van der Waals surface area contributed by atoms with Crippen LogP contribution in [-0.4, -0.2) is 5.91 Å². The predicted octanol–water partition coefficient (Wildman–Crippen LogP) is 5.07. The second kappa shape index (κ2) is 7.17. The third-order valence-corrected chi connectivity index (χ3v) is 4.07. The maximum Gasteiger partial charge on any atom is 0.225 e. The molecule has 1 amide bonds. The summed E-state index contributed by atoms with van der Waals surface area (Å²) in [6.07, 6.45) is 0.142. The third kappa shape index (κ3) is 4.37. The minimum Gasteiger partial charge on any atom is -0.349 e. The van der Waals surface area contributed by atoms with Crippen molar-refractivity contribution in [2.75, 3.05) is 0 Å². The first kappa shape index (κ1) is 16.2. The molecular formula is C16H14Cl3NO. The molecule has 2 nitrogen and oxygen atoms in total. The number of hydrogen-bond donors (Lipinski definition) is 1. The van der Waals surface area contributed by atoms with Crippen molar-refractivity contribution in [1.82, 2.24) is 5.32 Å². The lowest BCUT2D eigenvalue weighted by Crippen LogP contribution is -2.28. The van der Waals surface area contributed by atoms with E-state index in [1.54, 1.807) is 24.3 Å². The lowest BCUT2D eigenvalue weighted by Gasteiger charge is -2.15. The van der Waals surface area contributed by atoms with Gasteiger partial charge in [0.15, 0.2) is 0 Å². The summed E-state index contributed by atoms with van der Waals surface area (Å²) in [4.78, 5) is 12.1. The minimum absolute atomic E-state index is 0.141. The van der Waals surface area contributed by atoms with Gasteiger partial charge >= 0.3 is 0 Å². The van der Waals surface area contributed by atoms with E-state index in [2.05, 4.69) is 5.32 Å². The Morgan fingerprint density at radius 2 is 1.71 bits per heavy atom. The lowest BCUT2D eigenvalue weighted by atomic mass is 10.1. The van der Waals surface area contributed by atoms with Crippen molar-refractivity contribution < 1.29 is 4.79 Å². The first-order chi connectivity index (χ1) is 9.97. The van der Waals surface area contributed by atoms with Gasteiger partial charge in [-0.3, -0.25) is 4.79 Å². The van der Waals surface area contributed by atoms with Crippen LogP contribution in [-0.2, 0) is 11.2 Å². The minimum atomic E-state index is -0.141. The second-order valence-electron chi connectivity index (χ2n) is 4.72. The highest BCUT2D eigenvalue weighted by Gasteiger charge is 2.14. The number of benzene rings is 2. The van der Waals surface area contributed by atoms with Crippen molar-refractivity contribution >= 4 is 40.7 Å². The topological polar surface area (TPSA) is 29.1 Å². The lowest BCUT2D eigenvalue weighted by molar-refractivity contribution is -0.121. The van der Waals surface area contributed by atoms with Crippen LogP contribution in [0.25, 0.3) is 0 Å². The molecule has 0 spiro atoms. The molecule has 0 fully saturated rings. The van der Waals surface area contributed by atoms with Crippen molar-refractivity contribution in [2.45, 2.75) is 19.4 Å². The van der Waals surface area contributed by atoms with Crippen LogP contribution in [0.2, 0.25) is 15.1 Å². The summed E-state index contributed by atoms with van der Waals surface area (Å²) in [5, 5.41) is 4.54. The first-order valence-electron chi connectivity index (χ1n) is 6.45. The van der Waals surface area contributed by atoms with Gasteiger partial charge in [0.2, 0.25) is 5.91 Å². The fraction of sp³-hybridized carbons (Fsp3) is 0.188. The summed E-state index contributed by atoms with van der Waals surface area (Å²) in [7, 11) is 0. The van der Waals surface area contributed by atoms with Gasteiger partial charge in [0.05, 0.1) is 12.5 Å². The molecule has 0 aliphatic rings. The largest absolute Gasteiger partial charge is 0.349 e. The molecule has 0 saturated heterocycles. The maximum atomic E-state index is 12.1. The Balaban J connectivity index is 2.05. The van der Waals surface area contributed by atoms with Gasteiger partial charge in [-0.1, -0.05) is 53.0 Å². The quantitative estimate of drug-likeness (QED) is 0.826. The zero-order chi connectivity index (χ0) is 15.4. The van der Waals surface area contributed by atoms with Crippen molar-refractivity contribution in [3.05, 3.63) is 68.7 Å². The maximum absolute atomic E-state index is 12.1. The molecule has 1 atom stereocenters. The Bertz CT molecular complexity index is 637. The van der Waals surface area contributed by atoms with Crippen molar-refractivity contribution in [1.29, 1.82) is 0 Å². The summed E-state index contributed by atoms with van der Waals surface area (Å²) in [5.74, 6) is -0.141. The molecular weight excluding hydrogens is 329 g/mol. The number of carbonyl (C=O) groups excluding carboxylic acids is 1. The molecule has 2 rings (SSSR count). The number of amides is 1. The van der Waals surface area contributed by atoms with Crippen molar-refractivity contribution in [2.24, 2.45) is 0 Å². The van der Waals surface area contributed by atoms with E-state index >= 15 is 0 Å². The zero-order valence-electron chi connectivity index (χ0n) is 11.4. The SMILES string of the molecule is C[C@H](NC(=O)Cc1c(Cl)cccc1Cl)c1cccc(Cl)c1. The van der Waals surface area contributed by atoms with Gasteiger partial charge in [0.1, 0.15) is 0 Å². The monoisotopic (exact) mass is 341 g/mol. The van der Waals surface area contributed by atoms with Gasteiger partial charge in [-0.15, -0.1) is 0 Å². The molecule has 0 aromatic heterocycles. The van der Waals surface area contributed by atoms with Crippen molar-refractivity contribution in [3.63, 3.8) is 0 Å². The summed E-state index contributed by atoms with van der Waals surface area (Å²) < 4.78 is 0. The highest BCUT2D eigenvalue weighted by Crippen LogP contribution is 2.25. The van der Waals surface area contributed by atoms with Crippen LogP contribution < -0.4 is 5.32 Å². The van der Waals surface area contributed by atoms with Crippen LogP contribution in [0.1, 0.15) is 24.1 Å². The van der Waals surface area contributed by atoms with E-state index in [0.29, 0.717) is 20.6 Å². The number of rotatable bonds is 4. The highest BCUT2D eigenvalue weighted by molar-refractivity contribution is 6.36. The van der Waals surface area contributed by atoms with Crippen LogP contribution in [0, 0.1) is 0 Å². The molecule has 2 aromatic rings. The number of nitrogens with one attached hydrogen (secondary N) is 1. The molecule has 0 bridgehead atoms. The van der Waals surface area contributed by atoms with Crippen LogP contribution in [0.3, 0.4) is 0 Å². The van der Waals surface area contributed by atoms with Gasteiger partial charge in [0, 0.05) is 15.1 Å². The van der Waals surface area contributed by atoms with Crippen LogP contribution in [0.15, 0.2) is 42.5 Å². The van der Waals surface area contributed by atoms with E-state index < -0.39 is 0 Å². The smallest absolute Gasteiger partial charge is 0.225 e. The average molecular weight is 343 g/mol. The number of hydrogen-bond acceptors (Lipinski definition) is 1. The summed E-state index contributed by atoms with van der Waals surface area (Å²) in [6.45, 7) is 1.90. The van der Waals surface area contributed by atoms with Gasteiger partial charge in [-0.05, 0) is 42.3 Å². The Kier molecular flexibility index (Phi) is 5.51. The van der Waals surface area contributed by atoms with Gasteiger partial charge in [-0.25, -0.2) is 0 Å². The van der Waals surface area contributed by atoms with E-state index in [1.165, 1.54) is 0 Å². The Labute approximate surface area is 139 Å². The fourth-order valence-electron chi connectivity index (χ4n) is 2.01. The van der Waals surface area contributed by atoms with E-state index in [4.69, 9.17) is 34.8 Å². The molecule has 0 radical (unpaired) electrons. The van der Waals surface area contributed by atoms with E-state index in [9.17, 15) is 4.79 Å². The van der Waals surface area contributed by atoms with Crippen LogP contribution >= 0.6 is 34.8 Å². The third-order valence-electron chi connectivity index (χ3n) is 3.13. The van der Waals surface area contributed by atoms with E-state index in [1.807, 2.05) is 25.1 Å². The van der Waals surface area contributed by atoms with Crippen LogP contribution in [0.5, 0.6) is 0 Å². The normalized spacial score (nSPS) is 12.0. The number of halogens is 3. The standard InChI is InChI=1S/C16H14Cl3NO/c1-10(11-4-2-5-12(17)8-11)20-16(21)9-13-14(18)6-3-7-15(13)19/h2-8,10H,9H2,1H3,(H,20,21)/t10-/m0/s1. The summed E-state index contributed by atoms with van der Waals surface area (Å²) >= 11 is 18.1. The molecule has 110 valence electrons. The fourth-order valence-corrected chi connectivity index (χ4v) is 2.74. The van der Waals surface area contributed by atoms with Gasteiger partial charge in [0.25, 0.3) is 0 Å². The highest BCUT2D eigenvalue weighted by atomic mass is 35.5. The zero-order valence-corrected chi connectivity index (χ0v) is 13.6. The first-order valence-corrected chi connectivity index (χ1v) is 7.58. The molecule has 1 N–H and O–H groups in total. The number of carbonyl (C=O) groups is 1. The molecule has 2 aromatic carbocycles. The molecule has 0 unspecified atom stereocenters. The molecule has 0 aliphatic carbocycles. The molecule has 0 heterocycles. The predicted molar refractivity (Wildman–Crippen MR) is 88.2 cm³/mol. The molecule has 5 heteroatoms. The van der Waals surface area contributed by atoms with Crippen LogP contribution in [0.4, 0.5) is 0 Å². The van der Waals surface area contributed by atoms with Gasteiger partial charge in [-0.2, -0.15) is 0 Å². The molecule has 0 saturated carbocycles. The summed E-state index contributed by atoms with van der Waals surface area (Å²) in [5.41, 5.74) is 1.58.